The van der Waals surface area contributed by atoms with Crippen LogP contribution >= 0.6 is 34.5 Å². The quantitative estimate of drug-likeness (QED) is 0.386. The number of aromatic hydroxyl groups is 1. The van der Waals surface area contributed by atoms with Crippen LogP contribution in [0, 0.1) is 0 Å². The number of carbonyl (C=O) groups excluding carboxylic acids is 2. The third-order valence-electron chi connectivity index (χ3n) is 4.78. The van der Waals surface area contributed by atoms with Gasteiger partial charge in [0.2, 0.25) is 0 Å². The number of aliphatic hydroxyl groups excluding tert-OH is 1. The van der Waals surface area contributed by atoms with E-state index in [4.69, 9.17) is 34.0 Å². The Morgan fingerprint density at radius 3 is 2.65 bits per heavy atom. The van der Waals surface area contributed by atoms with Gasteiger partial charge in [0, 0.05) is 24.0 Å². The highest BCUT2D eigenvalue weighted by Gasteiger charge is 2.23. The lowest BCUT2D eigenvalue weighted by atomic mass is 10.1. The van der Waals surface area contributed by atoms with E-state index in [-0.39, 0.29) is 33.0 Å². The Balaban J connectivity index is 1.93. The highest BCUT2D eigenvalue weighted by atomic mass is 35.5. The Labute approximate surface area is 193 Å². The van der Waals surface area contributed by atoms with Crippen LogP contribution in [-0.2, 0) is 6.54 Å². The van der Waals surface area contributed by atoms with Crippen LogP contribution in [-0.4, -0.2) is 46.6 Å². The number of amides is 2. The fourth-order valence-corrected chi connectivity index (χ4v) is 4.91. The lowest BCUT2D eigenvalue weighted by Crippen LogP contribution is -2.26. The van der Waals surface area contributed by atoms with Crippen molar-refractivity contribution in [3.8, 4) is 5.75 Å². The highest BCUT2D eigenvalue weighted by molar-refractivity contribution is 7.24. The van der Waals surface area contributed by atoms with Crippen molar-refractivity contribution >= 4 is 61.4 Å². The van der Waals surface area contributed by atoms with Gasteiger partial charge in [-0.15, -0.1) is 11.3 Å². The number of halogens is 2. The summed E-state index contributed by atoms with van der Waals surface area (Å²) >= 11 is 13.2. The summed E-state index contributed by atoms with van der Waals surface area (Å²) in [6, 6.07) is 8.48. The fraction of sp³-hybridized carbons (Fsp3) is 0.238. The smallest absolute Gasteiger partial charge is 0.256 e. The molecule has 1 aromatic heterocycles. The molecule has 31 heavy (non-hydrogen) atoms. The van der Waals surface area contributed by atoms with Gasteiger partial charge in [0.1, 0.15) is 10.0 Å². The molecule has 2 amide bonds. The van der Waals surface area contributed by atoms with E-state index in [9.17, 15) is 14.7 Å². The molecule has 1 heterocycles. The molecule has 10 heteroatoms. The van der Waals surface area contributed by atoms with Gasteiger partial charge in [-0.3, -0.25) is 14.5 Å². The summed E-state index contributed by atoms with van der Waals surface area (Å²) in [6.07, 6.45) is 0. The van der Waals surface area contributed by atoms with Crippen LogP contribution in [0.4, 0.5) is 5.00 Å². The first-order chi connectivity index (χ1) is 14.8. The molecule has 2 aromatic carbocycles. The summed E-state index contributed by atoms with van der Waals surface area (Å²) in [4.78, 5) is 27.0. The Bertz CT molecular complexity index is 1150. The minimum absolute atomic E-state index is 0.0129. The van der Waals surface area contributed by atoms with E-state index in [1.807, 2.05) is 17.9 Å². The normalized spacial score (nSPS) is 11.3. The summed E-state index contributed by atoms with van der Waals surface area (Å²) in [6.45, 7) is 3.93. The second-order valence-electron chi connectivity index (χ2n) is 6.81. The van der Waals surface area contributed by atoms with Crippen LogP contribution in [0.15, 0.2) is 30.3 Å². The number of hydrogen-bond acceptors (Lipinski definition) is 6. The predicted molar refractivity (Wildman–Crippen MR) is 124 cm³/mol. The van der Waals surface area contributed by atoms with E-state index in [1.165, 1.54) is 6.07 Å². The number of benzene rings is 2. The molecule has 0 unspecified atom stereocenters. The second kappa shape index (κ2) is 9.84. The van der Waals surface area contributed by atoms with E-state index < -0.39 is 11.8 Å². The molecule has 164 valence electrons. The van der Waals surface area contributed by atoms with Crippen molar-refractivity contribution in [1.29, 1.82) is 0 Å². The standard InChI is InChI=1S/C21H21Cl2N3O4S/c1-2-26(6-7-27)10-11-4-3-5-12(8-11)20(30)25-21-15(19(24)29)13-9-14(22)17(28)16(23)18(13)31-21/h3-5,8-9,27-28H,2,6-7,10H2,1H3,(H2,24,29)(H,25,30). The van der Waals surface area contributed by atoms with Crippen molar-refractivity contribution < 1.29 is 19.8 Å². The molecule has 0 atom stereocenters. The maximum absolute atomic E-state index is 12.9. The minimum atomic E-state index is -0.754. The van der Waals surface area contributed by atoms with Gasteiger partial charge >= 0.3 is 0 Å². The molecule has 0 aliphatic heterocycles. The lowest BCUT2D eigenvalue weighted by Gasteiger charge is -2.19. The third kappa shape index (κ3) is 4.94. The van der Waals surface area contributed by atoms with E-state index in [0.717, 1.165) is 23.4 Å². The molecule has 3 aromatic rings. The number of nitrogens with two attached hydrogens (primary N) is 1. The number of fused-ring (bicyclic) bond motifs is 1. The first-order valence-electron chi connectivity index (χ1n) is 9.43. The lowest BCUT2D eigenvalue weighted by molar-refractivity contribution is 0.100. The minimum Gasteiger partial charge on any atom is -0.505 e. The fourth-order valence-electron chi connectivity index (χ4n) is 3.22. The average Bonchev–Trinajstić information content (AvgIpc) is 3.10. The number of aliphatic hydroxyl groups is 1. The number of nitrogens with one attached hydrogen (secondary N) is 1. The van der Waals surface area contributed by atoms with Crippen molar-refractivity contribution in [1.82, 2.24) is 4.90 Å². The Morgan fingerprint density at radius 2 is 2.00 bits per heavy atom. The van der Waals surface area contributed by atoms with Crippen LogP contribution in [0.25, 0.3) is 10.1 Å². The van der Waals surface area contributed by atoms with Gasteiger partial charge in [0.05, 0.1) is 21.9 Å². The molecule has 3 rings (SSSR count). The van der Waals surface area contributed by atoms with Crippen LogP contribution in [0.2, 0.25) is 10.0 Å². The summed E-state index contributed by atoms with van der Waals surface area (Å²) < 4.78 is 0.393. The Kier molecular flexibility index (Phi) is 7.40. The molecule has 0 aliphatic rings. The summed E-state index contributed by atoms with van der Waals surface area (Å²) in [5.74, 6) is -1.48. The topological polar surface area (TPSA) is 116 Å². The van der Waals surface area contributed by atoms with Crippen molar-refractivity contribution in [2.24, 2.45) is 5.73 Å². The number of phenols is 1. The molecule has 0 saturated heterocycles. The number of phenolic OH excluding ortho intramolecular Hbond substituents is 1. The van der Waals surface area contributed by atoms with Gasteiger partial charge in [-0.2, -0.15) is 0 Å². The zero-order chi connectivity index (χ0) is 22.7. The zero-order valence-electron chi connectivity index (χ0n) is 16.6. The average molecular weight is 482 g/mol. The van der Waals surface area contributed by atoms with E-state index in [1.54, 1.807) is 18.2 Å². The van der Waals surface area contributed by atoms with Gasteiger partial charge in [0.15, 0.2) is 5.75 Å². The van der Waals surface area contributed by atoms with E-state index in [0.29, 0.717) is 28.7 Å². The molecular formula is C21H21Cl2N3O4S. The van der Waals surface area contributed by atoms with Crippen LogP contribution in [0.3, 0.4) is 0 Å². The number of likely N-dealkylation sites (N-methyl/N-ethyl adjacent to an activating group) is 1. The monoisotopic (exact) mass is 481 g/mol. The molecular weight excluding hydrogens is 461 g/mol. The molecule has 0 spiro atoms. The predicted octanol–water partition coefficient (Wildman–Crippen LogP) is 4.08. The largest absolute Gasteiger partial charge is 0.505 e. The number of primary amides is 1. The van der Waals surface area contributed by atoms with Gasteiger partial charge < -0.3 is 21.3 Å². The summed E-state index contributed by atoms with van der Waals surface area (Å²) in [5, 5.41) is 22.4. The zero-order valence-corrected chi connectivity index (χ0v) is 18.9. The van der Waals surface area contributed by atoms with Crippen LogP contribution in [0.1, 0.15) is 33.2 Å². The van der Waals surface area contributed by atoms with Crippen LogP contribution in [0.5, 0.6) is 5.75 Å². The van der Waals surface area contributed by atoms with Crippen molar-refractivity contribution in [3.05, 3.63) is 57.1 Å². The van der Waals surface area contributed by atoms with Gasteiger partial charge in [-0.1, -0.05) is 42.3 Å². The third-order valence-corrected chi connectivity index (χ3v) is 6.69. The van der Waals surface area contributed by atoms with Gasteiger partial charge in [-0.05, 0) is 30.3 Å². The summed E-state index contributed by atoms with van der Waals surface area (Å²) in [7, 11) is 0. The van der Waals surface area contributed by atoms with Gasteiger partial charge in [0.25, 0.3) is 11.8 Å². The molecule has 0 saturated carbocycles. The van der Waals surface area contributed by atoms with Crippen LogP contribution < -0.4 is 11.1 Å². The maximum atomic E-state index is 12.9. The number of carbonyl (C=O) groups is 2. The highest BCUT2D eigenvalue weighted by Crippen LogP contribution is 2.46. The van der Waals surface area contributed by atoms with Crippen molar-refractivity contribution in [2.75, 3.05) is 25.0 Å². The second-order valence-corrected chi connectivity index (χ2v) is 8.62. The SMILES string of the molecule is CCN(CCO)Cc1cccc(C(=O)Nc2sc3c(Cl)c(O)c(Cl)cc3c2C(N)=O)c1. The molecule has 0 fully saturated rings. The Hall–Kier alpha value is -2.36. The molecule has 5 N–H and O–H groups in total. The summed E-state index contributed by atoms with van der Waals surface area (Å²) in [5.41, 5.74) is 6.93. The number of rotatable bonds is 8. The maximum Gasteiger partial charge on any atom is 0.256 e. The molecule has 0 aliphatic carbocycles. The molecule has 0 bridgehead atoms. The number of thiophene rings is 1. The number of nitrogens with zero attached hydrogens (tertiary/aromatic N) is 1. The first kappa shape index (κ1) is 23.3. The number of anilines is 1. The molecule has 0 radical (unpaired) electrons. The van der Waals surface area contributed by atoms with E-state index in [2.05, 4.69) is 5.32 Å². The van der Waals surface area contributed by atoms with Crippen molar-refractivity contribution in [2.45, 2.75) is 13.5 Å². The first-order valence-corrected chi connectivity index (χ1v) is 11.0. The number of hydrogen-bond donors (Lipinski definition) is 4. The van der Waals surface area contributed by atoms with E-state index >= 15 is 0 Å². The van der Waals surface area contributed by atoms with Crippen molar-refractivity contribution in [3.63, 3.8) is 0 Å². The molecule has 7 nitrogen and oxygen atoms in total. The van der Waals surface area contributed by atoms with Gasteiger partial charge in [-0.25, -0.2) is 0 Å². The Morgan fingerprint density at radius 1 is 1.26 bits per heavy atom.